The highest BCUT2D eigenvalue weighted by Gasteiger charge is 2.25. The molecule has 1 N–H and O–H groups in total. The third kappa shape index (κ3) is 5.23. The highest BCUT2D eigenvalue weighted by molar-refractivity contribution is 14.1. The number of esters is 1. The van der Waals surface area contributed by atoms with Gasteiger partial charge < -0.3 is 4.74 Å². The first-order chi connectivity index (χ1) is 9.40. The summed E-state index contributed by atoms with van der Waals surface area (Å²) in [6.07, 6.45) is 2.28. The maximum absolute atomic E-state index is 12.2. The van der Waals surface area contributed by atoms with Crippen LogP contribution in [0.2, 0.25) is 0 Å². The lowest BCUT2D eigenvalue weighted by molar-refractivity contribution is -0.142. The molecule has 1 atom stereocenters. The lowest BCUT2D eigenvalue weighted by Crippen LogP contribution is -2.41. The standard InChI is InChI=1S/C12H16INO4S2/c1-18-12(15)11(7-8-19-2)14-20(16,17)10-5-3-9(13)4-6-10/h3-6,11,14H,7-8H2,1-2H3/t11-/m1/s1. The van der Waals surface area contributed by atoms with Gasteiger partial charge in [0.05, 0.1) is 12.0 Å². The number of benzene rings is 1. The Morgan fingerprint density at radius 3 is 2.50 bits per heavy atom. The third-order valence-corrected chi connectivity index (χ3v) is 5.37. The van der Waals surface area contributed by atoms with Crippen molar-refractivity contribution in [3.05, 3.63) is 27.8 Å². The van der Waals surface area contributed by atoms with Crippen molar-refractivity contribution < 1.29 is 17.9 Å². The summed E-state index contributed by atoms with van der Waals surface area (Å²) in [6.45, 7) is 0. The van der Waals surface area contributed by atoms with Crippen molar-refractivity contribution in [2.45, 2.75) is 17.4 Å². The first-order valence-electron chi connectivity index (χ1n) is 5.75. The van der Waals surface area contributed by atoms with Crippen molar-refractivity contribution >= 4 is 50.3 Å². The molecular weight excluding hydrogens is 413 g/mol. The highest BCUT2D eigenvalue weighted by Crippen LogP contribution is 2.13. The molecule has 0 aliphatic rings. The summed E-state index contributed by atoms with van der Waals surface area (Å²) in [5.41, 5.74) is 0. The first-order valence-corrected chi connectivity index (χ1v) is 9.71. The molecule has 1 aromatic rings. The van der Waals surface area contributed by atoms with Crippen LogP contribution in [0.5, 0.6) is 0 Å². The van der Waals surface area contributed by atoms with Crippen LogP contribution in [0.15, 0.2) is 29.2 Å². The van der Waals surface area contributed by atoms with Gasteiger partial charge in [0.1, 0.15) is 6.04 Å². The van der Waals surface area contributed by atoms with Crippen LogP contribution in [0.4, 0.5) is 0 Å². The minimum absolute atomic E-state index is 0.135. The van der Waals surface area contributed by atoms with Gasteiger partial charge in [-0.2, -0.15) is 16.5 Å². The van der Waals surface area contributed by atoms with Gasteiger partial charge in [-0.3, -0.25) is 4.79 Å². The fourth-order valence-corrected chi connectivity index (χ4v) is 3.52. The van der Waals surface area contributed by atoms with Crippen molar-refractivity contribution in [2.75, 3.05) is 19.1 Å². The Kier molecular flexibility index (Phi) is 7.27. The third-order valence-electron chi connectivity index (χ3n) is 2.52. The van der Waals surface area contributed by atoms with E-state index in [1.54, 1.807) is 12.1 Å². The summed E-state index contributed by atoms with van der Waals surface area (Å²) in [5.74, 6) is 0.0859. The number of methoxy groups -OCH3 is 1. The second-order valence-corrected chi connectivity index (χ2v) is 7.88. The van der Waals surface area contributed by atoms with E-state index in [-0.39, 0.29) is 4.90 Å². The van der Waals surface area contributed by atoms with Gasteiger partial charge in [-0.1, -0.05) is 0 Å². The molecule has 0 saturated carbocycles. The van der Waals surface area contributed by atoms with Gasteiger partial charge in [0, 0.05) is 3.57 Å². The second-order valence-electron chi connectivity index (χ2n) is 3.93. The van der Waals surface area contributed by atoms with Gasteiger partial charge in [-0.15, -0.1) is 0 Å². The van der Waals surface area contributed by atoms with Gasteiger partial charge in [0.15, 0.2) is 0 Å². The fraction of sp³-hybridized carbons (Fsp3) is 0.417. The van der Waals surface area contributed by atoms with E-state index in [9.17, 15) is 13.2 Å². The molecule has 0 aliphatic heterocycles. The quantitative estimate of drug-likeness (QED) is 0.529. The summed E-state index contributed by atoms with van der Waals surface area (Å²) in [5, 5.41) is 0. The smallest absolute Gasteiger partial charge is 0.323 e. The molecule has 0 spiro atoms. The maximum atomic E-state index is 12.2. The van der Waals surface area contributed by atoms with Crippen LogP contribution in [0.1, 0.15) is 6.42 Å². The Morgan fingerprint density at radius 1 is 1.40 bits per heavy atom. The average molecular weight is 429 g/mol. The zero-order valence-electron chi connectivity index (χ0n) is 11.1. The normalized spacial score (nSPS) is 12.9. The molecule has 0 bridgehead atoms. The van der Waals surface area contributed by atoms with E-state index in [2.05, 4.69) is 32.0 Å². The molecule has 1 rings (SSSR count). The molecule has 0 fully saturated rings. The topological polar surface area (TPSA) is 72.5 Å². The molecule has 0 saturated heterocycles. The largest absolute Gasteiger partial charge is 0.468 e. The van der Waals surface area contributed by atoms with Crippen molar-refractivity contribution in [2.24, 2.45) is 0 Å². The summed E-state index contributed by atoms with van der Waals surface area (Å²) < 4.78 is 32.4. The number of thioether (sulfide) groups is 1. The van der Waals surface area contributed by atoms with E-state index in [4.69, 9.17) is 0 Å². The molecule has 0 amide bonds. The number of carbonyl (C=O) groups is 1. The summed E-state index contributed by atoms with van der Waals surface area (Å²) in [4.78, 5) is 11.8. The summed E-state index contributed by atoms with van der Waals surface area (Å²) in [7, 11) is -2.48. The summed E-state index contributed by atoms with van der Waals surface area (Å²) in [6, 6.07) is 5.55. The van der Waals surface area contributed by atoms with Crippen molar-refractivity contribution in [1.29, 1.82) is 0 Å². The fourth-order valence-electron chi connectivity index (χ4n) is 1.47. The molecule has 0 aromatic heterocycles. The molecule has 20 heavy (non-hydrogen) atoms. The molecule has 0 unspecified atom stereocenters. The number of halogens is 1. The minimum Gasteiger partial charge on any atom is -0.468 e. The van der Waals surface area contributed by atoms with E-state index in [0.717, 1.165) is 3.57 Å². The van der Waals surface area contributed by atoms with Crippen LogP contribution >= 0.6 is 34.4 Å². The first kappa shape index (κ1) is 17.7. The molecule has 0 heterocycles. The molecule has 1 aromatic carbocycles. The number of hydrogen-bond donors (Lipinski definition) is 1. The zero-order chi connectivity index (χ0) is 15.2. The Labute approximate surface area is 137 Å². The molecule has 5 nitrogen and oxygen atoms in total. The minimum atomic E-state index is -3.73. The van der Waals surface area contributed by atoms with Gasteiger partial charge in [-0.05, 0) is 65.3 Å². The summed E-state index contributed by atoms with van der Waals surface area (Å²) >= 11 is 3.63. The predicted octanol–water partition coefficient (Wildman–Crippen LogP) is 1.86. The zero-order valence-corrected chi connectivity index (χ0v) is 14.9. The number of rotatable bonds is 7. The second kappa shape index (κ2) is 8.20. The van der Waals surface area contributed by atoms with Crippen LogP contribution in [0.3, 0.4) is 0 Å². The van der Waals surface area contributed by atoms with Crippen LogP contribution in [0, 0.1) is 3.57 Å². The van der Waals surface area contributed by atoms with Crippen molar-refractivity contribution in [3.63, 3.8) is 0 Å². The van der Waals surface area contributed by atoms with Gasteiger partial charge in [-0.25, -0.2) is 8.42 Å². The maximum Gasteiger partial charge on any atom is 0.323 e. The molecule has 0 radical (unpaired) electrons. The Hall–Kier alpha value is -0.320. The van der Waals surface area contributed by atoms with E-state index in [1.807, 2.05) is 6.26 Å². The van der Waals surface area contributed by atoms with E-state index < -0.39 is 22.0 Å². The number of sulfonamides is 1. The SMILES string of the molecule is COC(=O)[C@@H](CCSC)NS(=O)(=O)c1ccc(I)cc1. The van der Waals surface area contributed by atoms with E-state index in [1.165, 1.54) is 31.0 Å². The molecule has 0 aliphatic carbocycles. The van der Waals surface area contributed by atoms with Crippen molar-refractivity contribution in [1.82, 2.24) is 4.72 Å². The van der Waals surface area contributed by atoms with Crippen LogP contribution in [-0.4, -0.2) is 39.5 Å². The number of ether oxygens (including phenoxy) is 1. The monoisotopic (exact) mass is 429 g/mol. The van der Waals surface area contributed by atoms with Gasteiger partial charge in [0.2, 0.25) is 10.0 Å². The van der Waals surface area contributed by atoms with Crippen molar-refractivity contribution in [3.8, 4) is 0 Å². The number of carbonyl (C=O) groups excluding carboxylic acids is 1. The Morgan fingerprint density at radius 2 is 2.00 bits per heavy atom. The van der Waals surface area contributed by atoms with Gasteiger partial charge >= 0.3 is 5.97 Å². The lowest BCUT2D eigenvalue weighted by atomic mass is 10.2. The van der Waals surface area contributed by atoms with Crippen LogP contribution in [-0.2, 0) is 19.6 Å². The average Bonchev–Trinajstić information content (AvgIpc) is 2.43. The molecule has 112 valence electrons. The van der Waals surface area contributed by atoms with Crippen LogP contribution in [0.25, 0.3) is 0 Å². The Bertz CT molecular complexity index is 545. The number of nitrogens with one attached hydrogen (secondary N) is 1. The predicted molar refractivity (Wildman–Crippen MR) is 88.3 cm³/mol. The van der Waals surface area contributed by atoms with E-state index >= 15 is 0 Å². The Balaban J connectivity index is 2.90. The van der Waals surface area contributed by atoms with Crippen LogP contribution < -0.4 is 4.72 Å². The van der Waals surface area contributed by atoms with Gasteiger partial charge in [0.25, 0.3) is 0 Å². The number of hydrogen-bond acceptors (Lipinski definition) is 5. The molecular formula is C12H16INO4S2. The highest BCUT2D eigenvalue weighted by atomic mass is 127. The van der Waals surface area contributed by atoms with E-state index in [0.29, 0.717) is 12.2 Å². The molecule has 8 heteroatoms. The lowest BCUT2D eigenvalue weighted by Gasteiger charge is -2.16.